The SMILES string of the molecule is CS(=O)(=O)C1(C(=O)N2CCc3cc(Cl)cc(Cl)c3C2)CCNCC1. The third-order valence-electron chi connectivity index (χ3n) is 5.05. The highest BCUT2D eigenvalue weighted by atomic mass is 35.5. The number of hydrogen-bond donors (Lipinski definition) is 1. The lowest BCUT2D eigenvalue weighted by Crippen LogP contribution is -2.58. The molecule has 1 aromatic carbocycles. The van der Waals surface area contributed by atoms with Crippen LogP contribution in [-0.2, 0) is 27.6 Å². The van der Waals surface area contributed by atoms with Crippen LogP contribution in [0.5, 0.6) is 0 Å². The Kier molecular flexibility index (Phi) is 4.86. The van der Waals surface area contributed by atoms with Crippen molar-refractivity contribution in [1.29, 1.82) is 0 Å². The molecule has 0 atom stereocenters. The average Bonchev–Trinajstić information content (AvgIpc) is 2.53. The van der Waals surface area contributed by atoms with Gasteiger partial charge in [-0.05, 0) is 55.6 Å². The number of benzene rings is 1. The normalized spacial score (nSPS) is 20.5. The molecular formula is C16H20Cl2N2O3S. The van der Waals surface area contributed by atoms with Crippen molar-refractivity contribution < 1.29 is 13.2 Å². The van der Waals surface area contributed by atoms with Crippen molar-refractivity contribution in [3.05, 3.63) is 33.3 Å². The van der Waals surface area contributed by atoms with Gasteiger partial charge in [0.05, 0.1) is 0 Å². The first-order chi connectivity index (χ1) is 11.2. The van der Waals surface area contributed by atoms with Gasteiger partial charge in [0.15, 0.2) is 14.6 Å². The van der Waals surface area contributed by atoms with Crippen LogP contribution in [0.2, 0.25) is 10.0 Å². The van der Waals surface area contributed by atoms with Gasteiger partial charge in [0.2, 0.25) is 5.91 Å². The number of halogens is 2. The van der Waals surface area contributed by atoms with Gasteiger partial charge in [0, 0.05) is 29.4 Å². The largest absolute Gasteiger partial charge is 0.337 e. The Balaban J connectivity index is 1.93. The molecular weight excluding hydrogens is 371 g/mol. The number of carbonyl (C=O) groups is 1. The van der Waals surface area contributed by atoms with Crippen LogP contribution in [0, 0.1) is 0 Å². The minimum Gasteiger partial charge on any atom is -0.337 e. The quantitative estimate of drug-likeness (QED) is 0.838. The fourth-order valence-electron chi connectivity index (χ4n) is 3.62. The summed E-state index contributed by atoms with van der Waals surface area (Å²) in [6.07, 6.45) is 2.41. The van der Waals surface area contributed by atoms with Crippen molar-refractivity contribution in [2.45, 2.75) is 30.6 Å². The van der Waals surface area contributed by atoms with E-state index in [9.17, 15) is 13.2 Å². The van der Waals surface area contributed by atoms with E-state index in [1.165, 1.54) is 6.26 Å². The highest BCUT2D eigenvalue weighted by Gasteiger charge is 2.50. The molecule has 8 heteroatoms. The molecule has 0 radical (unpaired) electrons. The third kappa shape index (κ3) is 3.05. The molecule has 1 saturated heterocycles. The summed E-state index contributed by atoms with van der Waals surface area (Å²) in [5.41, 5.74) is 1.88. The number of hydrogen-bond acceptors (Lipinski definition) is 4. The lowest BCUT2D eigenvalue weighted by atomic mass is 9.92. The third-order valence-corrected chi connectivity index (χ3v) is 7.61. The van der Waals surface area contributed by atoms with E-state index in [0.717, 1.165) is 11.1 Å². The van der Waals surface area contributed by atoms with Gasteiger partial charge in [0.1, 0.15) is 0 Å². The van der Waals surface area contributed by atoms with Gasteiger partial charge >= 0.3 is 0 Å². The Morgan fingerprint density at radius 2 is 1.92 bits per heavy atom. The molecule has 0 saturated carbocycles. The average molecular weight is 391 g/mol. The van der Waals surface area contributed by atoms with Crippen LogP contribution in [0.4, 0.5) is 0 Å². The summed E-state index contributed by atoms with van der Waals surface area (Å²) < 4.78 is 23.5. The molecule has 0 aliphatic carbocycles. The number of amides is 1. The second kappa shape index (κ2) is 6.48. The highest BCUT2D eigenvalue weighted by molar-refractivity contribution is 7.92. The molecule has 2 aliphatic heterocycles. The van der Waals surface area contributed by atoms with E-state index >= 15 is 0 Å². The molecule has 132 valence electrons. The van der Waals surface area contributed by atoms with Gasteiger partial charge < -0.3 is 10.2 Å². The van der Waals surface area contributed by atoms with Crippen molar-refractivity contribution in [2.75, 3.05) is 25.9 Å². The fraction of sp³-hybridized carbons (Fsp3) is 0.562. The second-order valence-corrected chi connectivity index (χ2v) is 9.69. The van der Waals surface area contributed by atoms with Crippen LogP contribution >= 0.6 is 23.2 Å². The number of carbonyl (C=O) groups excluding carboxylic acids is 1. The van der Waals surface area contributed by atoms with E-state index in [0.29, 0.717) is 55.5 Å². The second-order valence-electron chi connectivity index (χ2n) is 6.52. The van der Waals surface area contributed by atoms with E-state index in [1.807, 2.05) is 6.07 Å². The van der Waals surface area contributed by atoms with Crippen molar-refractivity contribution in [3.8, 4) is 0 Å². The van der Waals surface area contributed by atoms with E-state index in [1.54, 1.807) is 11.0 Å². The van der Waals surface area contributed by atoms with E-state index in [2.05, 4.69) is 5.32 Å². The molecule has 5 nitrogen and oxygen atoms in total. The Labute approximate surface area is 152 Å². The summed E-state index contributed by atoms with van der Waals surface area (Å²) in [5.74, 6) is -0.303. The summed E-state index contributed by atoms with van der Waals surface area (Å²) in [5, 5.41) is 4.22. The van der Waals surface area contributed by atoms with Crippen LogP contribution in [-0.4, -0.2) is 49.9 Å². The van der Waals surface area contributed by atoms with E-state index in [-0.39, 0.29) is 5.91 Å². The molecule has 1 amide bonds. The number of rotatable bonds is 2. The molecule has 0 spiro atoms. The molecule has 3 rings (SSSR count). The zero-order valence-corrected chi connectivity index (χ0v) is 15.8. The fourth-order valence-corrected chi connectivity index (χ4v) is 5.60. The predicted molar refractivity (Wildman–Crippen MR) is 95.3 cm³/mol. The van der Waals surface area contributed by atoms with E-state index < -0.39 is 14.6 Å². The van der Waals surface area contributed by atoms with Crippen molar-refractivity contribution in [2.24, 2.45) is 0 Å². The molecule has 0 unspecified atom stereocenters. The van der Waals surface area contributed by atoms with Gasteiger partial charge in [-0.2, -0.15) is 0 Å². The number of sulfone groups is 1. The number of piperidine rings is 1. The first-order valence-electron chi connectivity index (χ1n) is 7.91. The van der Waals surface area contributed by atoms with Gasteiger partial charge in [0.25, 0.3) is 0 Å². The number of nitrogens with one attached hydrogen (secondary N) is 1. The molecule has 1 aromatic rings. The summed E-state index contributed by atoms with van der Waals surface area (Å²) >= 11 is 12.3. The van der Waals surface area contributed by atoms with Gasteiger partial charge in [-0.15, -0.1) is 0 Å². The Morgan fingerprint density at radius 1 is 1.25 bits per heavy atom. The summed E-state index contributed by atoms with van der Waals surface area (Å²) in [6.45, 7) is 1.86. The Morgan fingerprint density at radius 3 is 2.54 bits per heavy atom. The Bertz CT molecular complexity index is 774. The molecule has 0 aromatic heterocycles. The van der Waals surface area contributed by atoms with Crippen LogP contribution in [0.1, 0.15) is 24.0 Å². The number of nitrogens with zero attached hydrogens (tertiary/aromatic N) is 1. The molecule has 1 fully saturated rings. The minimum absolute atomic E-state index is 0.303. The van der Waals surface area contributed by atoms with Crippen molar-refractivity contribution in [1.82, 2.24) is 10.2 Å². The lowest BCUT2D eigenvalue weighted by molar-refractivity contribution is -0.135. The maximum atomic E-state index is 13.2. The van der Waals surface area contributed by atoms with Crippen molar-refractivity contribution in [3.63, 3.8) is 0 Å². The van der Waals surface area contributed by atoms with Gasteiger partial charge in [-0.3, -0.25) is 4.79 Å². The standard InChI is InChI=1S/C16H20Cl2N2O3S/c1-24(22,23)16(3-5-19-6-4-16)15(21)20-7-2-11-8-12(17)9-14(18)13(11)10-20/h8-9,19H,2-7,10H2,1H3. The smallest absolute Gasteiger partial charge is 0.244 e. The summed E-state index contributed by atoms with van der Waals surface area (Å²) in [4.78, 5) is 14.8. The van der Waals surface area contributed by atoms with Crippen LogP contribution in [0.25, 0.3) is 0 Å². The maximum absolute atomic E-state index is 13.2. The maximum Gasteiger partial charge on any atom is 0.244 e. The van der Waals surface area contributed by atoms with Gasteiger partial charge in [-0.1, -0.05) is 23.2 Å². The first-order valence-corrected chi connectivity index (χ1v) is 10.6. The zero-order chi connectivity index (χ0) is 17.5. The van der Waals surface area contributed by atoms with Crippen LogP contribution in [0.15, 0.2) is 12.1 Å². The monoisotopic (exact) mass is 390 g/mol. The summed E-state index contributed by atoms with van der Waals surface area (Å²) in [7, 11) is -3.52. The summed E-state index contributed by atoms with van der Waals surface area (Å²) in [6, 6.07) is 3.52. The van der Waals surface area contributed by atoms with Crippen LogP contribution in [0.3, 0.4) is 0 Å². The first kappa shape index (κ1) is 18.0. The molecule has 1 N–H and O–H groups in total. The molecule has 24 heavy (non-hydrogen) atoms. The van der Waals surface area contributed by atoms with Gasteiger partial charge in [-0.25, -0.2) is 8.42 Å². The topological polar surface area (TPSA) is 66.5 Å². The molecule has 0 bridgehead atoms. The highest BCUT2D eigenvalue weighted by Crippen LogP contribution is 2.34. The van der Waals surface area contributed by atoms with Crippen LogP contribution < -0.4 is 5.32 Å². The molecule has 2 aliphatic rings. The zero-order valence-electron chi connectivity index (χ0n) is 13.4. The van der Waals surface area contributed by atoms with Crippen molar-refractivity contribution >= 4 is 38.9 Å². The number of fused-ring (bicyclic) bond motifs is 1. The predicted octanol–water partition coefficient (Wildman–Crippen LogP) is 2.04. The lowest BCUT2D eigenvalue weighted by Gasteiger charge is -2.40. The van der Waals surface area contributed by atoms with E-state index in [4.69, 9.17) is 23.2 Å². The molecule has 2 heterocycles. The Hall–Kier alpha value is -0.820. The minimum atomic E-state index is -3.52.